The molecule has 0 amide bonds. The number of aryl methyl sites for hydroxylation is 1. The van der Waals surface area contributed by atoms with Crippen molar-refractivity contribution in [3.63, 3.8) is 0 Å². The molecule has 1 aromatic carbocycles. The highest BCUT2D eigenvalue weighted by Gasteiger charge is 2.22. The van der Waals surface area contributed by atoms with Gasteiger partial charge in [0.25, 0.3) is 0 Å². The molecule has 0 bridgehead atoms. The Morgan fingerprint density at radius 2 is 2.14 bits per heavy atom. The zero-order valence-corrected chi connectivity index (χ0v) is 14.9. The van der Waals surface area contributed by atoms with Crippen molar-refractivity contribution in [3.8, 4) is 0 Å². The van der Waals surface area contributed by atoms with Gasteiger partial charge in [0.2, 0.25) is 0 Å². The van der Waals surface area contributed by atoms with Gasteiger partial charge in [-0.25, -0.2) is 0 Å². The van der Waals surface area contributed by atoms with Crippen molar-refractivity contribution >= 4 is 46.3 Å². The minimum Gasteiger partial charge on any atom is -0.306 e. The first-order valence-corrected chi connectivity index (χ1v) is 9.79. The molecule has 5 heteroatoms. The van der Waals surface area contributed by atoms with Crippen LogP contribution in [0.2, 0.25) is 10.0 Å². The van der Waals surface area contributed by atoms with Crippen LogP contribution in [0.3, 0.4) is 0 Å². The quantitative estimate of drug-likeness (QED) is 0.770. The first-order valence-electron chi connectivity index (χ1n) is 7.06. The fourth-order valence-corrected chi connectivity index (χ4v) is 5.49. The van der Waals surface area contributed by atoms with E-state index in [9.17, 15) is 0 Å². The van der Waals surface area contributed by atoms with E-state index in [2.05, 4.69) is 18.3 Å². The molecule has 1 nitrogen and oxygen atoms in total. The number of thiophene rings is 1. The molecule has 1 aliphatic rings. The Balaban J connectivity index is 2.01. The largest absolute Gasteiger partial charge is 0.306 e. The van der Waals surface area contributed by atoms with E-state index in [0.717, 1.165) is 27.9 Å². The Bertz CT molecular complexity index is 616. The normalized spacial score (nSPS) is 15.8. The molecular weight excluding hydrogens is 341 g/mol. The van der Waals surface area contributed by atoms with E-state index in [0.29, 0.717) is 0 Å². The lowest BCUT2D eigenvalue weighted by molar-refractivity contribution is 0.639. The summed E-state index contributed by atoms with van der Waals surface area (Å²) in [7, 11) is 0. The summed E-state index contributed by atoms with van der Waals surface area (Å²) in [5.74, 6) is 2.37. The van der Waals surface area contributed by atoms with Crippen LogP contribution in [0, 0.1) is 0 Å². The van der Waals surface area contributed by atoms with Crippen molar-refractivity contribution in [2.24, 2.45) is 0 Å². The van der Waals surface area contributed by atoms with Gasteiger partial charge in [0.05, 0.1) is 6.04 Å². The Kier molecular flexibility index (Phi) is 5.18. The highest BCUT2D eigenvalue weighted by Crippen LogP contribution is 2.38. The van der Waals surface area contributed by atoms with E-state index in [1.807, 2.05) is 41.3 Å². The van der Waals surface area contributed by atoms with Crippen LogP contribution in [0.15, 0.2) is 24.3 Å². The van der Waals surface area contributed by atoms with E-state index in [1.54, 1.807) is 0 Å². The Morgan fingerprint density at radius 1 is 1.29 bits per heavy atom. The van der Waals surface area contributed by atoms with Crippen molar-refractivity contribution < 1.29 is 0 Å². The maximum atomic E-state index is 6.41. The lowest BCUT2D eigenvalue weighted by Gasteiger charge is -2.18. The second-order valence-corrected chi connectivity index (χ2v) is 8.17. The van der Waals surface area contributed by atoms with E-state index < -0.39 is 0 Å². The first kappa shape index (κ1) is 15.7. The van der Waals surface area contributed by atoms with E-state index in [-0.39, 0.29) is 6.04 Å². The smallest absolute Gasteiger partial charge is 0.0686 e. The molecule has 1 aliphatic heterocycles. The molecule has 21 heavy (non-hydrogen) atoms. The van der Waals surface area contributed by atoms with Gasteiger partial charge in [0.1, 0.15) is 0 Å². The third-order valence-corrected chi connectivity index (χ3v) is 6.50. The standard InChI is InChI=1S/C16H17Cl2NS2/c1-2-19-16(12-8-11(17)3-4-13(12)18)15-7-10-9-20-6-5-14(10)21-15/h3-4,7-8,16,19H,2,5-6,9H2,1H3. The zero-order chi connectivity index (χ0) is 14.8. The third-order valence-electron chi connectivity index (χ3n) is 3.61. The molecule has 0 spiro atoms. The van der Waals surface area contributed by atoms with Gasteiger partial charge in [0, 0.05) is 25.6 Å². The SMILES string of the molecule is CCNC(c1cc2c(s1)CCSC2)c1cc(Cl)ccc1Cl. The van der Waals surface area contributed by atoms with Gasteiger partial charge < -0.3 is 5.32 Å². The number of fused-ring (bicyclic) bond motifs is 1. The van der Waals surface area contributed by atoms with Crippen LogP contribution < -0.4 is 5.32 Å². The highest BCUT2D eigenvalue weighted by atomic mass is 35.5. The summed E-state index contributed by atoms with van der Waals surface area (Å²) in [6.07, 6.45) is 1.19. The summed E-state index contributed by atoms with van der Waals surface area (Å²) in [6.45, 7) is 3.01. The molecule has 1 unspecified atom stereocenters. The molecule has 112 valence electrons. The van der Waals surface area contributed by atoms with Gasteiger partial charge in [-0.2, -0.15) is 11.8 Å². The molecule has 0 radical (unpaired) electrons. The minimum absolute atomic E-state index is 0.127. The lowest BCUT2D eigenvalue weighted by Crippen LogP contribution is -2.21. The second-order valence-electron chi connectivity index (χ2n) is 5.06. The van der Waals surface area contributed by atoms with Gasteiger partial charge in [-0.15, -0.1) is 11.3 Å². The summed E-state index contributed by atoms with van der Waals surface area (Å²) in [5.41, 5.74) is 2.56. The third kappa shape index (κ3) is 3.43. The Morgan fingerprint density at radius 3 is 2.90 bits per heavy atom. The predicted octanol–water partition coefficient (Wildman–Crippen LogP) is 5.54. The van der Waals surface area contributed by atoms with Crippen molar-refractivity contribution in [2.45, 2.75) is 25.1 Å². The molecule has 1 atom stereocenters. The molecule has 0 saturated carbocycles. The summed E-state index contributed by atoms with van der Waals surface area (Å²) in [4.78, 5) is 2.87. The molecule has 0 aliphatic carbocycles. The van der Waals surface area contributed by atoms with Crippen LogP contribution >= 0.6 is 46.3 Å². The summed E-state index contributed by atoms with van der Waals surface area (Å²) in [5, 5.41) is 5.05. The molecule has 1 aromatic heterocycles. The minimum atomic E-state index is 0.127. The number of thioether (sulfide) groups is 1. The molecule has 0 fully saturated rings. The Labute approximate surface area is 144 Å². The Hall–Kier alpha value is -0.190. The van der Waals surface area contributed by atoms with Gasteiger partial charge in [0.15, 0.2) is 0 Å². The fourth-order valence-electron chi connectivity index (χ4n) is 2.62. The van der Waals surface area contributed by atoms with Crippen molar-refractivity contribution in [1.29, 1.82) is 0 Å². The summed E-state index contributed by atoms with van der Waals surface area (Å²) >= 11 is 16.5. The lowest BCUT2D eigenvalue weighted by atomic mass is 10.0. The summed E-state index contributed by atoms with van der Waals surface area (Å²) in [6, 6.07) is 8.17. The van der Waals surface area contributed by atoms with E-state index in [1.165, 1.54) is 27.5 Å². The van der Waals surface area contributed by atoms with Crippen molar-refractivity contribution in [3.05, 3.63) is 55.2 Å². The van der Waals surface area contributed by atoms with Crippen LogP contribution in [0.4, 0.5) is 0 Å². The number of nitrogens with one attached hydrogen (secondary N) is 1. The average molecular weight is 358 g/mol. The zero-order valence-electron chi connectivity index (χ0n) is 11.8. The monoisotopic (exact) mass is 357 g/mol. The van der Waals surface area contributed by atoms with Crippen LogP contribution in [0.25, 0.3) is 0 Å². The van der Waals surface area contributed by atoms with Crippen LogP contribution in [-0.4, -0.2) is 12.3 Å². The molecule has 0 saturated heterocycles. The number of halogens is 2. The van der Waals surface area contributed by atoms with Gasteiger partial charge in [-0.3, -0.25) is 0 Å². The van der Waals surface area contributed by atoms with Crippen LogP contribution in [0.5, 0.6) is 0 Å². The molecular formula is C16H17Cl2NS2. The van der Waals surface area contributed by atoms with Crippen molar-refractivity contribution in [2.75, 3.05) is 12.3 Å². The topological polar surface area (TPSA) is 12.0 Å². The van der Waals surface area contributed by atoms with Crippen molar-refractivity contribution in [1.82, 2.24) is 5.32 Å². The first-order chi connectivity index (χ1) is 10.2. The highest BCUT2D eigenvalue weighted by molar-refractivity contribution is 7.98. The number of hydrogen-bond donors (Lipinski definition) is 1. The predicted molar refractivity (Wildman–Crippen MR) is 96.2 cm³/mol. The number of hydrogen-bond acceptors (Lipinski definition) is 3. The van der Waals surface area contributed by atoms with Crippen LogP contribution in [0.1, 0.15) is 33.8 Å². The second kappa shape index (κ2) is 6.93. The number of rotatable bonds is 4. The maximum Gasteiger partial charge on any atom is 0.0686 e. The fraction of sp³-hybridized carbons (Fsp3) is 0.375. The maximum absolute atomic E-state index is 6.41. The van der Waals surface area contributed by atoms with E-state index >= 15 is 0 Å². The molecule has 3 rings (SSSR count). The molecule has 2 heterocycles. The molecule has 1 N–H and O–H groups in total. The summed E-state index contributed by atoms with van der Waals surface area (Å²) < 4.78 is 0. The van der Waals surface area contributed by atoms with Crippen LogP contribution in [-0.2, 0) is 12.2 Å². The molecule has 2 aromatic rings. The average Bonchev–Trinajstić information content (AvgIpc) is 2.91. The van der Waals surface area contributed by atoms with Gasteiger partial charge in [-0.1, -0.05) is 30.1 Å². The van der Waals surface area contributed by atoms with Gasteiger partial charge >= 0.3 is 0 Å². The number of benzene rings is 1. The van der Waals surface area contributed by atoms with E-state index in [4.69, 9.17) is 23.2 Å². The van der Waals surface area contributed by atoms with Gasteiger partial charge in [-0.05, 0) is 54.1 Å².